The summed E-state index contributed by atoms with van der Waals surface area (Å²) in [6.07, 6.45) is 1.13. The third kappa shape index (κ3) is 3.59. The lowest BCUT2D eigenvalue weighted by Gasteiger charge is -2.09. The Morgan fingerprint density at radius 3 is 2.61 bits per heavy atom. The van der Waals surface area contributed by atoms with Gasteiger partial charge >= 0.3 is 5.97 Å². The van der Waals surface area contributed by atoms with Gasteiger partial charge in [-0.05, 0) is 40.8 Å². The Kier molecular flexibility index (Phi) is 4.72. The van der Waals surface area contributed by atoms with Gasteiger partial charge in [-0.15, -0.1) is 0 Å². The van der Waals surface area contributed by atoms with Gasteiger partial charge in [0.25, 0.3) is 0 Å². The van der Waals surface area contributed by atoms with E-state index in [1.807, 2.05) is 6.92 Å². The van der Waals surface area contributed by atoms with Crippen LogP contribution < -0.4 is 0 Å². The zero-order chi connectivity index (χ0) is 16.1. The van der Waals surface area contributed by atoms with E-state index >= 15 is 0 Å². The van der Waals surface area contributed by atoms with Gasteiger partial charge in [-0.25, -0.2) is 0 Å². The molecule has 116 valence electrons. The van der Waals surface area contributed by atoms with Crippen LogP contribution in [0.1, 0.15) is 18.9 Å². The average Bonchev–Trinajstić information content (AvgIpc) is 2.60. The number of carbonyl (C=O) groups is 1. The topological polar surface area (TPSA) is 26.3 Å². The highest BCUT2D eigenvalue weighted by atomic mass is 16.5. The molecule has 0 radical (unpaired) electrons. The van der Waals surface area contributed by atoms with Crippen molar-refractivity contribution < 1.29 is 9.53 Å². The third-order valence-electron chi connectivity index (χ3n) is 3.95. The molecule has 2 heteroatoms. The molecule has 0 atom stereocenters. The van der Waals surface area contributed by atoms with Crippen LogP contribution >= 0.6 is 0 Å². The molecular weight excluding hydrogens is 284 g/mol. The fraction of sp³-hybridized carbons (Fsp3) is 0.190. The normalized spacial score (nSPS) is 10.7. The van der Waals surface area contributed by atoms with Crippen LogP contribution in [-0.4, -0.2) is 12.6 Å². The van der Waals surface area contributed by atoms with Crippen molar-refractivity contribution in [1.82, 2.24) is 0 Å². The van der Waals surface area contributed by atoms with E-state index in [1.165, 1.54) is 21.9 Å². The summed E-state index contributed by atoms with van der Waals surface area (Å²) in [5.74, 6) is -0.136. The van der Waals surface area contributed by atoms with Crippen molar-refractivity contribution in [2.24, 2.45) is 0 Å². The van der Waals surface area contributed by atoms with E-state index in [9.17, 15) is 4.79 Å². The van der Waals surface area contributed by atoms with E-state index in [2.05, 4.69) is 66.7 Å². The minimum atomic E-state index is -0.136. The molecule has 0 N–H and O–H groups in total. The van der Waals surface area contributed by atoms with Crippen LogP contribution in [-0.2, 0) is 16.0 Å². The maximum Gasteiger partial charge on any atom is 0.306 e. The molecule has 0 aliphatic carbocycles. The van der Waals surface area contributed by atoms with E-state index in [-0.39, 0.29) is 5.97 Å². The van der Waals surface area contributed by atoms with Crippen LogP contribution in [0.25, 0.3) is 21.9 Å². The van der Waals surface area contributed by atoms with Gasteiger partial charge in [0, 0.05) is 6.42 Å². The van der Waals surface area contributed by atoms with Crippen LogP contribution in [0, 0.1) is 0 Å². The smallest absolute Gasteiger partial charge is 0.306 e. The monoisotopic (exact) mass is 304 g/mol. The van der Waals surface area contributed by atoms with Crippen molar-refractivity contribution in [3.63, 3.8) is 0 Å². The summed E-state index contributed by atoms with van der Waals surface area (Å²) in [5, 5.41) is 2.49. The summed E-state index contributed by atoms with van der Waals surface area (Å²) >= 11 is 0. The van der Waals surface area contributed by atoms with Crippen LogP contribution in [0.2, 0.25) is 0 Å². The molecule has 3 aromatic carbocycles. The summed E-state index contributed by atoms with van der Waals surface area (Å²) in [6.45, 7) is 2.27. The summed E-state index contributed by atoms with van der Waals surface area (Å²) in [7, 11) is 0. The first kappa shape index (κ1) is 15.3. The Bertz CT molecular complexity index is 815. The highest BCUT2D eigenvalue weighted by Crippen LogP contribution is 2.29. The van der Waals surface area contributed by atoms with Gasteiger partial charge < -0.3 is 4.74 Å². The first-order valence-electron chi connectivity index (χ1n) is 8.00. The fourth-order valence-corrected chi connectivity index (χ4v) is 2.85. The number of esters is 1. The van der Waals surface area contributed by atoms with Gasteiger partial charge in [0.1, 0.15) is 0 Å². The van der Waals surface area contributed by atoms with Crippen LogP contribution in [0.3, 0.4) is 0 Å². The lowest BCUT2D eigenvalue weighted by Crippen LogP contribution is -2.05. The van der Waals surface area contributed by atoms with Crippen LogP contribution in [0.15, 0.2) is 66.7 Å². The van der Waals surface area contributed by atoms with Gasteiger partial charge in [-0.2, -0.15) is 0 Å². The van der Waals surface area contributed by atoms with Gasteiger partial charge in [0.2, 0.25) is 0 Å². The quantitative estimate of drug-likeness (QED) is 0.620. The lowest BCUT2D eigenvalue weighted by molar-refractivity contribution is -0.143. The Labute approximate surface area is 136 Å². The molecule has 0 spiro atoms. The van der Waals surface area contributed by atoms with Crippen LogP contribution in [0.5, 0.6) is 0 Å². The lowest BCUT2D eigenvalue weighted by atomic mass is 9.96. The van der Waals surface area contributed by atoms with Crippen molar-refractivity contribution in [1.29, 1.82) is 0 Å². The van der Waals surface area contributed by atoms with E-state index in [0.29, 0.717) is 19.4 Å². The zero-order valence-electron chi connectivity index (χ0n) is 13.3. The summed E-state index contributed by atoms with van der Waals surface area (Å²) in [5.41, 5.74) is 3.56. The second-order valence-electron chi connectivity index (χ2n) is 5.53. The van der Waals surface area contributed by atoms with E-state index in [4.69, 9.17) is 4.74 Å². The largest absolute Gasteiger partial charge is 0.466 e. The molecule has 0 bridgehead atoms. The van der Waals surface area contributed by atoms with Gasteiger partial charge in [0.05, 0.1) is 6.61 Å². The molecule has 0 aromatic heterocycles. The summed E-state index contributed by atoms with van der Waals surface area (Å²) in [4.78, 5) is 11.5. The zero-order valence-corrected chi connectivity index (χ0v) is 13.3. The number of ether oxygens (including phenoxy) is 1. The second kappa shape index (κ2) is 7.10. The molecule has 2 nitrogen and oxygen atoms in total. The number of carbonyl (C=O) groups excluding carboxylic acids is 1. The van der Waals surface area contributed by atoms with Crippen molar-refractivity contribution in [3.8, 4) is 11.1 Å². The Hall–Kier alpha value is -2.61. The van der Waals surface area contributed by atoms with Gasteiger partial charge in [0.15, 0.2) is 0 Å². The van der Waals surface area contributed by atoms with E-state index < -0.39 is 0 Å². The molecule has 0 heterocycles. The highest BCUT2D eigenvalue weighted by molar-refractivity contribution is 5.96. The number of aryl methyl sites for hydroxylation is 1. The minimum Gasteiger partial charge on any atom is -0.466 e. The number of rotatable bonds is 5. The summed E-state index contributed by atoms with van der Waals surface area (Å²) in [6, 6.07) is 23.2. The van der Waals surface area contributed by atoms with Crippen LogP contribution in [0.4, 0.5) is 0 Å². The Morgan fingerprint density at radius 2 is 1.74 bits per heavy atom. The average molecular weight is 304 g/mol. The number of hydrogen-bond acceptors (Lipinski definition) is 2. The maximum atomic E-state index is 11.5. The highest BCUT2D eigenvalue weighted by Gasteiger charge is 2.06. The molecule has 0 saturated carbocycles. The predicted molar refractivity (Wildman–Crippen MR) is 94.3 cm³/mol. The predicted octanol–water partition coefficient (Wildman–Crippen LogP) is 5.00. The molecule has 3 rings (SSSR count). The minimum absolute atomic E-state index is 0.136. The first-order valence-corrected chi connectivity index (χ1v) is 8.00. The molecule has 0 aliphatic heterocycles. The van der Waals surface area contributed by atoms with Crippen molar-refractivity contribution >= 4 is 16.7 Å². The van der Waals surface area contributed by atoms with Crippen molar-refractivity contribution in [2.45, 2.75) is 19.8 Å². The van der Waals surface area contributed by atoms with Crippen molar-refractivity contribution in [2.75, 3.05) is 6.61 Å². The molecular formula is C21H20O2. The van der Waals surface area contributed by atoms with Gasteiger partial charge in [-0.1, -0.05) is 66.7 Å². The SMILES string of the molecule is CCOC(=O)CCc1cccc(-c2cccc3ccccc23)c1. The number of hydrogen-bond donors (Lipinski definition) is 0. The molecule has 3 aromatic rings. The Morgan fingerprint density at radius 1 is 0.957 bits per heavy atom. The first-order chi connectivity index (χ1) is 11.3. The second-order valence-corrected chi connectivity index (χ2v) is 5.53. The molecule has 0 unspecified atom stereocenters. The van der Waals surface area contributed by atoms with Gasteiger partial charge in [-0.3, -0.25) is 4.79 Å². The summed E-state index contributed by atoms with van der Waals surface area (Å²) < 4.78 is 5.00. The maximum absolute atomic E-state index is 11.5. The fourth-order valence-electron chi connectivity index (χ4n) is 2.85. The standard InChI is InChI=1S/C21H20O2/c1-2-23-21(22)14-13-16-7-5-10-18(15-16)20-12-6-9-17-8-3-4-11-19(17)20/h3-12,15H,2,13-14H2,1H3. The van der Waals surface area contributed by atoms with E-state index in [0.717, 1.165) is 5.56 Å². The molecule has 0 aliphatic rings. The molecule has 0 amide bonds. The van der Waals surface area contributed by atoms with E-state index in [1.54, 1.807) is 0 Å². The third-order valence-corrected chi connectivity index (χ3v) is 3.95. The Balaban J connectivity index is 1.88. The number of fused-ring (bicyclic) bond motifs is 1. The molecule has 0 fully saturated rings. The molecule has 23 heavy (non-hydrogen) atoms. The number of benzene rings is 3. The van der Waals surface area contributed by atoms with Crippen molar-refractivity contribution in [3.05, 3.63) is 72.3 Å². The molecule has 0 saturated heterocycles.